The van der Waals surface area contributed by atoms with E-state index in [0.717, 1.165) is 8.95 Å². The molecule has 1 heterocycles. The van der Waals surface area contributed by atoms with Crippen LogP contribution >= 0.6 is 31.9 Å². The average molecular weight is 348 g/mol. The molecule has 0 spiro atoms. The van der Waals surface area contributed by atoms with Gasteiger partial charge in [0.25, 0.3) is 0 Å². The van der Waals surface area contributed by atoms with Crippen LogP contribution in [-0.4, -0.2) is 4.98 Å². The Morgan fingerprint density at radius 2 is 2.19 bits per heavy atom. The molecule has 2 N–H and O–H groups in total. The number of hydrogen-bond acceptors (Lipinski definition) is 4. The Balaban J connectivity index is 2.20. The summed E-state index contributed by atoms with van der Waals surface area (Å²) in [4.78, 5) is 4.04. The highest BCUT2D eigenvalue weighted by atomic mass is 79.9. The molecule has 0 radical (unpaired) electrons. The van der Waals surface area contributed by atoms with Crippen molar-refractivity contribution in [1.82, 2.24) is 4.98 Å². The molecule has 0 aliphatic rings. The minimum absolute atomic E-state index is 0.184. The van der Waals surface area contributed by atoms with Gasteiger partial charge in [-0.3, -0.25) is 0 Å². The summed E-state index contributed by atoms with van der Waals surface area (Å²) in [6.07, 6.45) is 1.66. The van der Waals surface area contributed by atoms with Gasteiger partial charge in [0.05, 0.1) is 10.2 Å². The van der Waals surface area contributed by atoms with Crippen molar-refractivity contribution in [2.24, 2.45) is 5.73 Å². The van der Waals surface area contributed by atoms with Crippen LogP contribution in [0.2, 0.25) is 0 Å². The maximum absolute atomic E-state index is 5.45. The molecule has 6 heteroatoms. The van der Waals surface area contributed by atoms with E-state index in [0.29, 0.717) is 18.0 Å². The van der Waals surface area contributed by atoms with Crippen molar-refractivity contribution >= 4 is 31.9 Å². The van der Waals surface area contributed by atoms with Crippen molar-refractivity contribution in [3.05, 3.63) is 39.1 Å². The Bertz CT molecular complexity index is 499. The normalized spacial score (nSPS) is 10.4. The lowest BCUT2D eigenvalue weighted by atomic mass is 10.3. The van der Waals surface area contributed by atoms with E-state index < -0.39 is 0 Å². The van der Waals surface area contributed by atoms with E-state index in [1.165, 1.54) is 6.26 Å². The number of nitrogens with two attached hydrogens (primary N) is 1. The van der Waals surface area contributed by atoms with E-state index in [2.05, 4.69) is 36.8 Å². The van der Waals surface area contributed by atoms with E-state index >= 15 is 0 Å². The molecular formula is C10H8Br2N2O2. The van der Waals surface area contributed by atoms with Crippen LogP contribution in [0, 0.1) is 0 Å². The first-order valence-corrected chi connectivity index (χ1v) is 6.05. The summed E-state index contributed by atoms with van der Waals surface area (Å²) in [6.45, 7) is 0.328. The molecule has 0 amide bonds. The largest absolute Gasteiger partial charge is 0.417 e. The van der Waals surface area contributed by atoms with Crippen LogP contribution in [0.1, 0.15) is 5.69 Å². The second-order valence-corrected chi connectivity index (χ2v) is 4.76. The van der Waals surface area contributed by atoms with Crippen LogP contribution in [0.15, 0.2) is 37.8 Å². The first kappa shape index (κ1) is 11.6. The third-order valence-electron chi connectivity index (χ3n) is 1.83. The van der Waals surface area contributed by atoms with Gasteiger partial charge in [-0.2, -0.15) is 4.98 Å². The number of ether oxygens (including phenoxy) is 1. The highest BCUT2D eigenvalue weighted by Gasteiger charge is 2.08. The van der Waals surface area contributed by atoms with Crippen LogP contribution in [0.3, 0.4) is 0 Å². The molecular weight excluding hydrogens is 340 g/mol. The van der Waals surface area contributed by atoms with E-state index in [-0.39, 0.29) is 6.08 Å². The van der Waals surface area contributed by atoms with E-state index in [4.69, 9.17) is 14.9 Å². The maximum Gasteiger partial charge on any atom is 0.399 e. The summed E-state index contributed by atoms with van der Waals surface area (Å²) in [7, 11) is 0. The summed E-state index contributed by atoms with van der Waals surface area (Å²) in [5.74, 6) is 0.633. The highest BCUT2D eigenvalue weighted by Crippen LogP contribution is 2.31. The lowest BCUT2D eigenvalue weighted by Gasteiger charge is -2.03. The molecule has 2 rings (SSSR count). The van der Waals surface area contributed by atoms with Crippen molar-refractivity contribution < 1.29 is 9.15 Å². The molecule has 0 saturated heterocycles. The zero-order valence-electron chi connectivity index (χ0n) is 8.11. The van der Waals surface area contributed by atoms with Crippen LogP contribution in [-0.2, 0) is 6.54 Å². The van der Waals surface area contributed by atoms with Crippen LogP contribution in [0.25, 0.3) is 0 Å². The molecule has 0 bridgehead atoms. The zero-order chi connectivity index (χ0) is 11.5. The molecule has 0 fully saturated rings. The molecule has 0 unspecified atom stereocenters. The number of benzene rings is 1. The molecule has 1 aromatic carbocycles. The Morgan fingerprint density at radius 1 is 1.38 bits per heavy atom. The molecule has 4 nitrogen and oxygen atoms in total. The number of rotatable bonds is 3. The van der Waals surface area contributed by atoms with E-state index in [1.807, 2.05) is 12.1 Å². The fourth-order valence-electron chi connectivity index (χ4n) is 1.08. The number of oxazole rings is 1. The van der Waals surface area contributed by atoms with Gasteiger partial charge >= 0.3 is 6.08 Å². The average Bonchev–Trinajstić information content (AvgIpc) is 2.70. The van der Waals surface area contributed by atoms with Gasteiger partial charge in [-0.15, -0.1) is 0 Å². The smallest absolute Gasteiger partial charge is 0.399 e. The quantitative estimate of drug-likeness (QED) is 0.923. The lowest BCUT2D eigenvalue weighted by Crippen LogP contribution is -1.95. The fourth-order valence-corrected chi connectivity index (χ4v) is 2.21. The number of nitrogens with zero attached hydrogens (tertiary/aromatic N) is 1. The molecule has 0 saturated carbocycles. The molecule has 84 valence electrons. The molecule has 1 aromatic heterocycles. The number of hydrogen-bond donors (Lipinski definition) is 1. The van der Waals surface area contributed by atoms with Crippen molar-refractivity contribution in [1.29, 1.82) is 0 Å². The Labute approximate surface area is 109 Å². The van der Waals surface area contributed by atoms with Crippen molar-refractivity contribution in [2.45, 2.75) is 6.54 Å². The van der Waals surface area contributed by atoms with Gasteiger partial charge in [-0.25, -0.2) is 0 Å². The van der Waals surface area contributed by atoms with Crippen LogP contribution < -0.4 is 10.5 Å². The topological polar surface area (TPSA) is 61.3 Å². The molecule has 16 heavy (non-hydrogen) atoms. The highest BCUT2D eigenvalue weighted by molar-refractivity contribution is 9.11. The van der Waals surface area contributed by atoms with Crippen LogP contribution in [0.5, 0.6) is 11.8 Å². The van der Waals surface area contributed by atoms with E-state index in [1.54, 1.807) is 6.07 Å². The molecule has 0 atom stereocenters. The summed E-state index contributed by atoms with van der Waals surface area (Å²) >= 11 is 6.74. The van der Waals surface area contributed by atoms with Crippen molar-refractivity contribution in [3.63, 3.8) is 0 Å². The second-order valence-electron chi connectivity index (χ2n) is 2.99. The zero-order valence-corrected chi connectivity index (χ0v) is 11.3. The van der Waals surface area contributed by atoms with Gasteiger partial charge in [0.2, 0.25) is 0 Å². The van der Waals surface area contributed by atoms with Crippen LogP contribution in [0.4, 0.5) is 0 Å². The predicted molar refractivity (Wildman–Crippen MR) is 66.3 cm³/mol. The van der Waals surface area contributed by atoms with Gasteiger partial charge in [0.1, 0.15) is 12.0 Å². The van der Waals surface area contributed by atoms with Crippen molar-refractivity contribution in [3.8, 4) is 11.8 Å². The van der Waals surface area contributed by atoms with Gasteiger partial charge in [-0.05, 0) is 34.1 Å². The monoisotopic (exact) mass is 346 g/mol. The van der Waals surface area contributed by atoms with Gasteiger partial charge in [0, 0.05) is 11.0 Å². The summed E-state index contributed by atoms with van der Waals surface area (Å²) < 4.78 is 12.3. The molecule has 0 aliphatic heterocycles. The molecule has 2 aromatic rings. The summed E-state index contributed by atoms with van der Waals surface area (Å²) in [6, 6.07) is 5.55. The second kappa shape index (κ2) is 4.99. The third-order valence-corrected chi connectivity index (χ3v) is 2.94. The first-order chi connectivity index (χ1) is 7.69. The SMILES string of the molecule is NCc1coc(Oc2ccc(Br)cc2Br)n1. The Morgan fingerprint density at radius 3 is 2.81 bits per heavy atom. The van der Waals surface area contributed by atoms with E-state index in [9.17, 15) is 0 Å². The Kier molecular flexibility index (Phi) is 3.63. The van der Waals surface area contributed by atoms with Gasteiger partial charge in [-0.1, -0.05) is 15.9 Å². The Hall–Kier alpha value is -0.850. The van der Waals surface area contributed by atoms with Gasteiger partial charge < -0.3 is 14.9 Å². The number of aromatic nitrogens is 1. The maximum atomic E-state index is 5.45. The third kappa shape index (κ3) is 2.63. The molecule has 0 aliphatic carbocycles. The predicted octanol–water partition coefficient (Wildman–Crippen LogP) is 3.45. The van der Waals surface area contributed by atoms with Crippen molar-refractivity contribution in [2.75, 3.05) is 0 Å². The number of halogens is 2. The standard InChI is InChI=1S/C10H8Br2N2O2/c11-6-1-2-9(8(12)3-6)16-10-14-7(4-13)5-15-10/h1-3,5H,4,13H2. The minimum atomic E-state index is 0.184. The summed E-state index contributed by atoms with van der Waals surface area (Å²) in [5.41, 5.74) is 6.07. The minimum Gasteiger partial charge on any atom is -0.417 e. The lowest BCUT2D eigenvalue weighted by molar-refractivity contribution is 0.329. The first-order valence-electron chi connectivity index (χ1n) is 4.46. The van der Waals surface area contributed by atoms with Gasteiger partial charge in [0.15, 0.2) is 0 Å². The fraction of sp³-hybridized carbons (Fsp3) is 0.100. The summed E-state index contributed by atoms with van der Waals surface area (Å²) in [5, 5.41) is 0.